The van der Waals surface area contributed by atoms with Gasteiger partial charge in [-0.05, 0) is 106 Å². The molecule has 53 heavy (non-hydrogen) atoms. The van der Waals surface area contributed by atoms with E-state index in [0.29, 0.717) is 36.0 Å². The molecule has 5 nitrogen and oxygen atoms in total. The molecule has 0 aromatic heterocycles. The second-order valence-electron chi connectivity index (χ2n) is 14.3. The molecule has 0 amide bonds. The normalized spacial score (nSPS) is 13.6. The molecule has 1 saturated carbocycles. The third-order valence-electron chi connectivity index (χ3n) is 8.95. The van der Waals surface area contributed by atoms with Gasteiger partial charge in [-0.25, -0.2) is 9.18 Å². The first-order valence-electron chi connectivity index (χ1n) is 19.3. The van der Waals surface area contributed by atoms with Crippen molar-refractivity contribution in [3.05, 3.63) is 118 Å². The second kappa shape index (κ2) is 23.4. The molecule has 0 aliphatic heterocycles. The minimum Gasteiger partial charge on any atom is -0.460 e. The minimum atomic E-state index is -0.632. The Hall–Kier alpha value is -4.26. The van der Waals surface area contributed by atoms with E-state index in [-0.39, 0.29) is 24.8 Å². The zero-order chi connectivity index (χ0) is 39.4. The molecule has 1 aliphatic rings. The highest BCUT2D eigenvalue weighted by molar-refractivity contribution is 6.02. The summed E-state index contributed by atoms with van der Waals surface area (Å²) in [6.45, 7) is 15.4. The Kier molecular flexibility index (Phi) is 19.8. The number of benzene rings is 3. The minimum absolute atomic E-state index is 0.0426. The maximum atomic E-state index is 14.8. The summed E-state index contributed by atoms with van der Waals surface area (Å²) in [5, 5.41) is 0. The number of hydrogen-bond acceptors (Lipinski definition) is 5. The van der Waals surface area contributed by atoms with E-state index in [9.17, 15) is 18.4 Å². The van der Waals surface area contributed by atoms with Gasteiger partial charge in [0.05, 0.1) is 24.9 Å². The highest BCUT2D eigenvalue weighted by atomic mass is 19.1. The topological polar surface area (TPSA) is 55.8 Å². The van der Waals surface area contributed by atoms with Gasteiger partial charge in [-0.2, -0.15) is 0 Å². The van der Waals surface area contributed by atoms with Crippen LogP contribution in [0.4, 0.5) is 14.5 Å². The molecule has 0 atom stereocenters. The quantitative estimate of drug-likeness (QED) is 0.105. The van der Waals surface area contributed by atoms with E-state index in [1.54, 1.807) is 19.1 Å². The molecule has 0 N–H and O–H groups in total. The van der Waals surface area contributed by atoms with E-state index in [4.69, 9.17) is 9.47 Å². The number of anilines is 1. The lowest BCUT2D eigenvalue weighted by Gasteiger charge is -2.33. The SMILES string of the molecule is C1CCCCCC1.CC/C=C(/C)N(/C(=C(\C)C(=O)OCc1ccccc1)c1ccc(F)c(CC)c1)c1cc(CC)ccc1CC(=O)OC(C)(C)C.CF. The molecule has 290 valence electrons. The van der Waals surface area contributed by atoms with Crippen LogP contribution in [-0.4, -0.2) is 24.7 Å². The van der Waals surface area contributed by atoms with Gasteiger partial charge in [0.15, 0.2) is 0 Å². The molecule has 3 aromatic rings. The predicted molar refractivity (Wildman–Crippen MR) is 216 cm³/mol. The molecule has 0 unspecified atom stereocenters. The maximum absolute atomic E-state index is 14.8. The number of alkyl halides is 1. The van der Waals surface area contributed by atoms with Crippen LogP contribution in [0, 0.1) is 5.82 Å². The van der Waals surface area contributed by atoms with Crippen molar-refractivity contribution in [1.29, 1.82) is 0 Å². The largest absolute Gasteiger partial charge is 0.460 e. The van der Waals surface area contributed by atoms with Crippen LogP contribution in [0.15, 0.2) is 84.1 Å². The number of allylic oxidation sites excluding steroid dienone is 2. The van der Waals surface area contributed by atoms with E-state index < -0.39 is 11.6 Å². The van der Waals surface area contributed by atoms with Crippen LogP contribution in [-0.2, 0) is 44.9 Å². The Bertz CT molecular complexity index is 1620. The first kappa shape index (κ1) is 44.9. The van der Waals surface area contributed by atoms with E-state index in [0.717, 1.165) is 40.9 Å². The summed E-state index contributed by atoms with van der Waals surface area (Å²) in [5.74, 6) is -1.13. The summed E-state index contributed by atoms with van der Waals surface area (Å²) in [7, 11) is 0.500. The Labute approximate surface area is 318 Å². The number of carbonyl (C=O) groups is 2. The fraction of sp³-hybridized carbons (Fsp3) is 0.478. The number of rotatable bonds is 12. The van der Waals surface area contributed by atoms with Crippen LogP contribution >= 0.6 is 0 Å². The Morgan fingerprint density at radius 2 is 1.38 bits per heavy atom. The highest BCUT2D eigenvalue weighted by Gasteiger charge is 2.27. The highest BCUT2D eigenvalue weighted by Crippen LogP contribution is 2.37. The van der Waals surface area contributed by atoms with Gasteiger partial charge in [0.25, 0.3) is 0 Å². The average molecular weight is 732 g/mol. The Morgan fingerprint density at radius 3 is 1.91 bits per heavy atom. The maximum Gasteiger partial charge on any atom is 0.336 e. The van der Waals surface area contributed by atoms with Crippen molar-refractivity contribution in [3.63, 3.8) is 0 Å². The molecular weight excluding hydrogens is 669 g/mol. The lowest BCUT2D eigenvalue weighted by Crippen LogP contribution is -2.27. The molecular formula is C46H63F2NO4. The van der Waals surface area contributed by atoms with Gasteiger partial charge in [-0.15, -0.1) is 0 Å². The van der Waals surface area contributed by atoms with Crippen LogP contribution in [0.25, 0.3) is 5.70 Å². The van der Waals surface area contributed by atoms with Gasteiger partial charge in [0.1, 0.15) is 18.0 Å². The number of aryl methyl sites for hydroxylation is 2. The van der Waals surface area contributed by atoms with Gasteiger partial charge in [0.2, 0.25) is 0 Å². The molecule has 7 heteroatoms. The van der Waals surface area contributed by atoms with Crippen molar-refractivity contribution >= 4 is 23.3 Å². The lowest BCUT2D eigenvalue weighted by atomic mass is 9.97. The van der Waals surface area contributed by atoms with Crippen LogP contribution in [0.5, 0.6) is 0 Å². The molecule has 0 radical (unpaired) electrons. The summed E-state index contributed by atoms with van der Waals surface area (Å²) < 4.78 is 35.8. The van der Waals surface area contributed by atoms with E-state index in [2.05, 4.69) is 19.1 Å². The van der Waals surface area contributed by atoms with Crippen molar-refractivity contribution in [1.82, 2.24) is 0 Å². The first-order chi connectivity index (χ1) is 25.4. The fourth-order valence-electron chi connectivity index (χ4n) is 6.27. The van der Waals surface area contributed by atoms with Crippen molar-refractivity contribution in [2.24, 2.45) is 0 Å². The number of esters is 2. The summed E-state index contributed by atoms with van der Waals surface area (Å²) >= 11 is 0. The Balaban J connectivity index is 0.000000951. The Morgan fingerprint density at radius 1 is 0.774 bits per heavy atom. The standard InChI is InChI=1S/C38H46FNO4.C7H14.CH3F/c1-9-15-26(4)40(34-22-28(10-2)18-19-31(34)24-35(41)44-38(6,7)8)36(32-20-21-33(39)30(11-3)23-32)27(5)37(42)43-25-29-16-13-12-14-17-29;1-2-4-6-7-5-3-1;1-2/h12-23H,9-11,24-25H2,1-8H3;1-7H2;1H3/b26-15-,36-27+;;. The third-order valence-corrected chi connectivity index (χ3v) is 8.95. The first-order valence-corrected chi connectivity index (χ1v) is 19.3. The fourth-order valence-corrected chi connectivity index (χ4v) is 6.27. The van der Waals surface area contributed by atoms with Crippen LogP contribution in [0.1, 0.15) is 135 Å². The van der Waals surface area contributed by atoms with Gasteiger partial charge in [0, 0.05) is 11.4 Å². The number of halogens is 2. The number of ether oxygens (including phenoxy) is 2. The van der Waals surface area contributed by atoms with Crippen LogP contribution < -0.4 is 4.90 Å². The lowest BCUT2D eigenvalue weighted by molar-refractivity contribution is -0.154. The van der Waals surface area contributed by atoms with E-state index in [1.807, 2.05) is 88.9 Å². The third kappa shape index (κ3) is 14.9. The second-order valence-corrected chi connectivity index (χ2v) is 14.3. The summed E-state index contributed by atoms with van der Waals surface area (Å²) in [4.78, 5) is 28.8. The molecule has 1 aliphatic carbocycles. The molecule has 0 spiro atoms. The zero-order valence-electron chi connectivity index (χ0n) is 33.7. The van der Waals surface area contributed by atoms with Gasteiger partial charge in [-0.1, -0.05) is 114 Å². The smallest absolute Gasteiger partial charge is 0.336 e. The van der Waals surface area contributed by atoms with Gasteiger partial charge >= 0.3 is 11.9 Å². The molecule has 4 rings (SSSR count). The van der Waals surface area contributed by atoms with E-state index in [1.165, 1.54) is 51.0 Å². The molecule has 0 heterocycles. The zero-order valence-corrected chi connectivity index (χ0v) is 33.7. The van der Waals surface area contributed by atoms with Crippen LogP contribution in [0.3, 0.4) is 0 Å². The molecule has 3 aromatic carbocycles. The number of carbonyl (C=O) groups excluding carboxylic acids is 2. The van der Waals surface area contributed by atoms with Crippen molar-refractivity contribution in [2.45, 2.75) is 138 Å². The van der Waals surface area contributed by atoms with Gasteiger partial charge < -0.3 is 14.4 Å². The summed E-state index contributed by atoms with van der Waals surface area (Å²) in [6.07, 6.45) is 14.6. The van der Waals surface area contributed by atoms with Crippen molar-refractivity contribution < 1.29 is 27.8 Å². The van der Waals surface area contributed by atoms with Gasteiger partial charge in [-0.3, -0.25) is 9.18 Å². The molecule has 0 bridgehead atoms. The monoisotopic (exact) mass is 731 g/mol. The summed E-state index contributed by atoms with van der Waals surface area (Å²) in [6, 6.07) is 20.5. The van der Waals surface area contributed by atoms with Crippen LogP contribution in [0.2, 0.25) is 0 Å². The summed E-state index contributed by atoms with van der Waals surface area (Å²) in [5.41, 5.74) is 5.82. The molecule has 1 fully saturated rings. The van der Waals surface area contributed by atoms with Crippen molar-refractivity contribution in [2.75, 3.05) is 12.1 Å². The van der Waals surface area contributed by atoms with E-state index >= 15 is 0 Å². The average Bonchev–Trinajstić information content (AvgIpc) is 3.48. The number of nitrogens with zero attached hydrogens (tertiary/aromatic N) is 1. The predicted octanol–water partition coefficient (Wildman–Crippen LogP) is 12.4. The number of hydrogen-bond donors (Lipinski definition) is 0. The molecule has 0 saturated heterocycles. The van der Waals surface area contributed by atoms with Crippen molar-refractivity contribution in [3.8, 4) is 0 Å².